The highest BCUT2D eigenvalue weighted by Crippen LogP contribution is 2.23. The number of aliphatic carboxylic acids is 1. The molecule has 0 aliphatic heterocycles. The molecule has 0 bridgehead atoms. The van der Waals surface area contributed by atoms with Gasteiger partial charge in [0.25, 0.3) is 0 Å². The Bertz CT molecular complexity index is 421. The van der Waals surface area contributed by atoms with Gasteiger partial charge in [-0.2, -0.15) is 5.26 Å². The normalized spacial score (nSPS) is 9.50. The molecule has 0 saturated carbocycles. The zero-order valence-electron chi connectivity index (χ0n) is 7.54. The molecule has 1 aromatic rings. The van der Waals surface area contributed by atoms with Crippen molar-refractivity contribution in [1.82, 2.24) is 0 Å². The van der Waals surface area contributed by atoms with Crippen LogP contribution in [0.15, 0.2) is 12.1 Å². The van der Waals surface area contributed by atoms with Gasteiger partial charge in [-0.05, 0) is 24.1 Å². The number of nitrogens with zero attached hydrogens (tertiary/aromatic N) is 1. The first-order valence-electron chi connectivity index (χ1n) is 3.96. The van der Waals surface area contributed by atoms with Crippen LogP contribution in [-0.2, 0) is 11.2 Å². The van der Waals surface area contributed by atoms with E-state index < -0.39 is 5.97 Å². The zero-order valence-corrected chi connectivity index (χ0v) is 8.30. The van der Waals surface area contributed by atoms with Crippen LogP contribution in [0, 0.1) is 18.3 Å². The minimum absolute atomic E-state index is 0.120. The van der Waals surface area contributed by atoms with Gasteiger partial charge in [0.1, 0.15) is 0 Å². The first-order chi connectivity index (χ1) is 6.56. The third-order valence-electron chi connectivity index (χ3n) is 1.93. The summed E-state index contributed by atoms with van der Waals surface area (Å²) in [5, 5.41) is 17.6. The van der Waals surface area contributed by atoms with Gasteiger partial charge >= 0.3 is 5.97 Å². The Morgan fingerprint density at radius 2 is 2.29 bits per heavy atom. The highest BCUT2D eigenvalue weighted by Gasteiger charge is 2.10. The van der Waals surface area contributed by atoms with Crippen molar-refractivity contribution in [3.05, 3.63) is 33.8 Å². The molecule has 0 aliphatic carbocycles. The van der Waals surface area contributed by atoms with Gasteiger partial charge in [0.15, 0.2) is 0 Å². The van der Waals surface area contributed by atoms with Crippen LogP contribution in [0.4, 0.5) is 0 Å². The molecular formula is C10H8ClNO2. The maximum absolute atomic E-state index is 10.5. The first kappa shape index (κ1) is 10.6. The molecule has 0 aromatic heterocycles. The topological polar surface area (TPSA) is 61.1 Å². The lowest BCUT2D eigenvalue weighted by molar-refractivity contribution is -0.136. The summed E-state index contributed by atoms with van der Waals surface area (Å²) >= 11 is 5.91. The number of hydrogen-bond donors (Lipinski definition) is 1. The van der Waals surface area contributed by atoms with Crippen LogP contribution in [0.3, 0.4) is 0 Å². The molecule has 0 heterocycles. The molecule has 0 aliphatic rings. The molecular weight excluding hydrogens is 202 g/mol. The van der Waals surface area contributed by atoms with Crippen LogP contribution in [0.25, 0.3) is 0 Å². The predicted octanol–water partition coefficient (Wildman–Crippen LogP) is 2.15. The summed E-state index contributed by atoms with van der Waals surface area (Å²) in [5.74, 6) is -0.934. The number of carboxylic acids is 1. The number of nitriles is 1. The number of carbonyl (C=O) groups is 1. The van der Waals surface area contributed by atoms with Crippen molar-refractivity contribution in [3.8, 4) is 6.07 Å². The standard InChI is InChI=1S/C10H8ClNO2/c1-6-8(5-12)3-2-7(10(6)11)4-9(13)14/h2-3H,4H2,1H3,(H,13,14). The van der Waals surface area contributed by atoms with Gasteiger partial charge in [0.2, 0.25) is 0 Å². The minimum atomic E-state index is -0.934. The smallest absolute Gasteiger partial charge is 0.307 e. The maximum Gasteiger partial charge on any atom is 0.307 e. The molecule has 0 unspecified atom stereocenters. The quantitative estimate of drug-likeness (QED) is 0.812. The molecule has 0 radical (unpaired) electrons. The molecule has 4 heteroatoms. The minimum Gasteiger partial charge on any atom is -0.481 e. The molecule has 0 fully saturated rings. The summed E-state index contributed by atoms with van der Waals surface area (Å²) in [5.41, 5.74) is 1.65. The predicted molar refractivity (Wildman–Crippen MR) is 52.2 cm³/mol. The Balaban J connectivity index is 3.18. The van der Waals surface area contributed by atoms with Crippen molar-refractivity contribution in [3.63, 3.8) is 0 Å². The summed E-state index contributed by atoms with van der Waals surface area (Å²) in [6.45, 7) is 1.70. The summed E-state index contributed by atoms with van der Waals surface area (Å²) in [4.78, 5) is 10.5. The largest absolute Gasteiger partial charge is 0.481 e. The van der Waals surface area contributed by atoms with Crippen LogP contribution in [0.2, 0.25) is 5.02 Å². The lowest BCUT2D eigenvalue weighted by Crippen LogP contribution is -2.02. The molecule has 0 amide bonds. The number of rotatable bonds is 2. The van der Waals surface area contributed by atoms with Crippen molar-refractivity contribution in [2.75, 3.05) is 0 Å². The molecule has 72 valence electrons. The van der Waals surface area contributed by atoms with E-state index in [1.165, 1.54) is 0 Å². The van der Waals surface area contributed by atoms with Crippen molar-refractivity contribution < 1.29 is 9.90 Å². The average molecular weight is 210 g/mol. The molecule has 1 aromatic carbocycles. The number of halogens is 1. The van der Waals surface area contributed by atoms with E-state index >= 15 is 0 Å². The molecule has 0 saturated heterocycles. The Morgan fingerprint density at radius 1 is 1.64 bits per heavy atom. The summed E-state index contributed by atoms with van der Waals surface area (Å²) < 4.78 is 0. The maximum atomic E-state index is 10.5. The van der Waals surface area contributed by atoms with Crippen molar-refractivity contribution >= 4 is 17.6 Å². The van der Waals surface area contributed by atoms with Crippen LogP contribution < -0.4 is 0 Å². The SMILES string of the molecule is Cc1c(C#N)ccc(CC(=O)O)c1Cl. The Morgan fingerprint density at radius 3 is 2.79 bits per heavy atom. The van der Waals surface area contributed by atoms with Gasteiger partial charge in [-0.1, -0.05) is 17.7 Å². The highest BCUT2D eigenvalue weighted by atomic mass is 35.5. The molecule has 1 rings (SSSR count). The van der Waals surface area contributed by atoms with Crippen molar-refractivity contribution in [2.45, 2.75) is 13.3 Å². The van der Waals surface area contributed by atoms with E-state index in [2.05, 4.69) is 0 Å². The Labute approximate surface area is 86.5 Å². The van der Waals surface area contributed by atoms with E-state index in [0.29, 0.717) is 21.7 Å². The van der Waals surface area contributed by atoms with E-state index in [9.17, 15) is 4.79 Å². The van der Waals surface area contributed by atoms with Crippen LogP contribution in [-0.4, -0.2) is 11.1 Å². The number of carboxylic acid groups (broad SMARTS) is 1. The fraction of sp³-hybridized carbons (Fsp3) is 0.200. The average Bonchev–Trinajstić information content (AvgIpc) is 2.13. The molecule has 14 heavy (non-hydrogen) atoms. The van der Waals surface area contributed by atoms with E-state index in [4.69, 9.17) is 22.0 Å². The van der Waals surface area contributed by atoms with Gasteiger partial charge in [-0.25, -0.2) is 0 Å². The van der Waals surface area contributed by atoms with Crippen LogP contribution in [0.1, 0.15) is 16.7 Å². The van der Waals surface area contributed by atoms with Gasteiger partial charge in [-0.3, -0.25) is 4.79 Å². The number of benzene rings is 1. The third kappa shape index (κ3) is 2.04. The zero-order chi connectivity index (χ0) is 10.7. The summed E-state index contributed by atoms with van der Waals surface area (Å²) in [7, 11) is 0. The van der Waals surface area contributed by atoms with E-state index in [-0.39, 0.29) is 6.42 Å². The molecule has 3 nitrogen and oxygen atoms in total. The molecule has 1 N–H and O–H groups in total. The summed E-state index contributed by atoms with van der Waals surface area (Å²) in [6, 6.07) is 5.14. The number of hydrogen-bond acceptors (Lipinski definition) is 2. The van der Waals surface area contributed by atoms with Crippen LogP contribution >= 0.6 is 11.6 Å². The molecule has 0 spiro atoms. The van der Waals surface area contributed by atoms with E-state index in [0.717, 1.165) is 0 Å². The van der Waals surface area contributed by atoms with Gasteiger partial charge in [0.05, 0.1) is 18.1 Å². The highest BCUT2D eigenvalue weighted by molar-refractivity contribution is 6.32. The third-order valence-corrected chi connectivity index (χ3v) is 2.45. The summed E-state index contributed by atoms with van der Waals surface area (Å²) in [6.07, 6.45) is -0.120. The second-order valence-electron chi connectivity index (χ2n) is 2.89. The monoisotopic (exact) mass is 209 g/mol. The van der Waals surface area contributed by atoms with Gasteiger partial charge in [0, 0.05) is 5.02 Å². The fourth-order valence-corrected chi connectivity index (χ4v) is 1.39. The van der Waals surface area contributed by atoms with E-state index in [1.54, 1.807) is 19.1 Å². The van der Waals surface area contributed by atoms with Crippen molar-refractivity contribution in [2.24, 2.45) is 0 Å². The molecule has 0 atom stereocenters. The second-order valence-corrected chi connectivity index (χ2v) is 3.27. The fourth-order valence-electron chi connectivity index (χ4n) is 1.16. The second kappa shape index (κ2) is 4.12. The lowest BCUT2D eigenvalue weighted by atomic mass is 10.0. The van der Waals surface area contributed by atoms with Crippen LogP contribution in [0.5, 0.6) is 0 Å². The van der Waals surface area contributed by atoms with E-state index in [1.807, 2.05) is 6.07 Å². The van der Waals surface area contributed by atoms with Crippen molar-refractivity contribution in [1.29, 1.82) is 5.26 Å². The van der Waals surface area contributed by atoms with Gasteiger partial charge < -0.3 is 5.11 Å². The lowest BCUT2D eigenvalue weighted by Gasteiger charge is -2.05. The van der Waals surface area contributed by atoms with Gasteiger partial charge in [-0.15, -0.1) is 0 Å². The Hall–Kier alpha value is -1.53. The Kier molecular flexibility index (Phi) is 3.10. The first-order valence-corrected chi connectivity index (χ1v) is 4.34.